The monoisotopic (exact) mass is 609 g/mol. The highest BCUT2D eigenvalue weighted by molar-refractivity contribution is 8.00. The minimum absolute atomic E-state index is 0.0101. The second-order valence-electron chi connectivity index (χ2n) is 8.82. The highest BCUT2D eigenvalue weighted by Crippen LogP contribution is 2.31. The van der Waals surface area contributed by atoms with Crippen LogP contribution < -0.4 is 16.0 Å². The second-order valence-corrected chi connectivity index (χ2v) is 10.3. The number of hydrogen-bond donors (Lipinski definition) is 3. The zero-order chi connectivity index (χ0) is 30.1. The van der Waals surface area contributed by atoms with Crippen LogP contribution in [0.1, 0.15) is 21.5 Å². The first kappa shape index (κ1) is 30.4. The molecule has 0 radical (unpaired) electrons. The number of benzene rings is 4. The maximum atomic E-state index is 13.2. The molecule has 0 aliphatic carbocycles. The molecule has 0 saturated carbocycles. The lowest BCUT2D eigenvalue weighted by molar-refractivity contribution is -0.137. The van der Waals surface area contributed by atoms with Crippen molar-refractivity contribution < 1.29 is 27.6 Å². The van der Waals surface area contributed by atoms with Crippen molar-refractivity contribution in [2.45, 2.75) is 11.1 Å². The highest BCUT2D eigenvalue weighted by atomic mass is 35.5. The summed E-state index contributed by atoms with van der Waals surface area (Å²) in [5, 5.41) is 8.39. The van der Waals surface area contributed by atoms with E-state index in [1.165, 1.54) is 30.0 Å². The van der Waals surface area contributed by atoms with E-state index in [-0.39, 0.29) is 17.1 Å². The molecule has 0 atom stereocenters. The number of anilines is 2. The number of alkyl halides is 3. The van der Waals surface area contributed by atoms with E-state index in [4.69, 9.17) is 11.6 Å². The van der Waals surface area contributed by atoms with Crippen LogP contribution in [0.25, 0.3) is 6.08 Å². The van der Waals surface area contributed by atoms with Gasteiger partial charge in [-0.2, -0.15) is 13.2 Å². The number of nitrogens with one attached hydrogen (secondary N) is 3. The number of halogens is 4. The van der Waals surface area contributed by atoms with Gasteiger partial charge in [0.25, 0.3) is 11.8 Å². The van der Waals surface area contributed by atoms with Crippen molar-refractivity contribution in [2.75, 3.05) is 16.4 Å². The topological polar surface area (TPSA) is 87.3 Å². The first-order chi connectivity index (χ1) is 20.1. The Hall–Kier alpha value is -4.54. The molecule has 6 nitrogen and oxygen atoms in total. The number of carbonyl (C=O) groups excluding carboxylic acids is 3. The van der Waals surface area contributed by atoms with E-state index >= 15 is 0 Å². The molecule has 0 saturated heterocycles. The van der Waals surface area contributed by atoms with Crippen molar-refractivity contribution in [1.29, 1.82) is 0 Å². The third kappa shape index (κ3) is 8.98. The summed E-state index contributed by atoms with van der Waals surface area (Å²) >= 11 is 7.14. The molecule has 0 aliphatic rings. The molecule has 11 heteroatoms. The van der Waals surface area contributed by atoms with Crippen LogP contribution >= 0.6 is 23.4 Å². The standard InChI is InChI=1S/C31H23ClF3N3O3S/c32-23-11-9-20(10-12-23)17-27(38-29(40)21-5-2-1-3-6-21)30(41)37-24-13-15-26(16-14-24)42-19-28(39)36-25-8-4-7-22(18-25)31(33,34)35/h1-18H,19H2,(H,36,39)(H,37,41)(H,38,40)/b27-17-. The lowest BCUT2D eigenvalue weighted by Crippen LogP contribution is -2.30. The Morgan fingerprint density at radius 1 is 0.786 bits per heavy atom. The van der Waals surface area contributed by atoms with Gasteiger partial charge >= 0.3 is 6.18 Å². The van der Waals surface area contributed by atoms with Gasteiger partial charge in [0.05, 0.1) is 11.3 Å². The second kappa shape index (κ2) is 13.9. The van der Waals surface area contributed by atoms with Gasteiger partial charge in [-0.05, 0) is 78.4 Å². The van der Waals surface area contributed by atoms with E-state index in [9.17, 15) is 27.6 Å². The molecule has 4 aromatic rings. The molecule has 214 valence electrons. The number of rotatable bonds is 9. The van der Waals surface area contributed by atoms with Crippen molar-refractivity contribution in [3.63, 3.8) is 0 Å². The van der Waals surface area contributed by atoms with Gasteiger partial charge in [0.2, 0.25) is 5.91 Å². The Labute approximate surface area is 249 Å². The molecule has 0 aliphatic heterocycles. The van der Waals surface area contributed by atoms with Crippen molar-refractivity contribution >= 4 is 58.5 Å². The smallest absolute Gasteiger partial charge is 0.325 e. The van der Waals surface area contributed by atoms with E-state index in [0.29, 0.717) is 26.7 Å². The van der Waals surface area contributed by atoms with Crippen molar-refractivity contribution in [3.8, 4) is 0 Å². The molecule has 3 amide bonds. The summed E-state index contributed by atoms with van der Waals surface area (Å²) in [6.45, 7) is 0. The summed E-state index contributed by atoms with van der Waals surface area (Å²) in [5.41, 5.74) is 0.676. The van der Waals surface area contributed by atoms with Crippen LogP contribution in [0.3, 0.4) is 0 Å². The zero-order valence-corrected chi connectivity index (χ0v) is 23.3. The summed E-state index contributed by atoms with van der Waals surface area (Å²) in [6, 6.07) is 26.2. The summed E-state index contributed by atoms with van der Waals surface area (Å²) in [5.74, 6) is -1.53. The van der Waals surface area contributed by atoms with Crippen molar-refractivity contribution in [2.24, 2.45) is 0 Å². The van der Waals surface area contributed by atoms with Gasteiger partial charge in [-0.25, -0.2) is 0 Å². The minimum atomic E-state index is -4.51. The number of thioether (sulfide) groups is 1. The SMILES string of the molecule is O=C(CSc1ccc(NC(=O)/C(=C/c2ccc(Cl)cc2)NC(=O)c2ccccc2)cc1)Nc1cccc(C(F)(F)F)c1. The van der Waals surface area contributed by atoms with Crippen LogP contribution in [0.5, 0.6) is 0 Å². The molecule has 42 heavy (non-hydrogen) atoms. The maximum absolute atomic E-state index is 13.2. The van der Waals surface area contributed by atoms with E-state index in [1.54, 1.807) is 78.9 Å². The molecule has 3 N–H and O–H groups in total. The average Bonchev–Trinajstić information content (AvgIpc) is 2.97. The van der Waals surface area contributed by atoms with Crippen LogP contribution in [-0.4, -0.2) is 23.5 Å². The molecule has 0 spiro atoms. The van der Waals surface area contributed by atoms with Crippen LogP contribution in [0.2, 0.25) is 5.02 Å². The Balaban J connectivity index is 1.38. The summed E-state index contributed by atoms with van der Waals surface area (Å²) in [4.78, 5) is 38.9. The van der Waals surface area contributed by atoms with Gasteiger partial charge in [0.1, 0.15) is 5.70 Å². The Morgan fingerprint density at radius 3 is 2.14 bits per heavy atom. The maximum Gasteiger partial charge on any atom is 0.416 e. The van der Waals surface area contributed by atoms with E-state index in [1.807, 2.05) is 0 Å². The van der Waals surface area contributed by atoms with Crippen LogP contribution in [0, 0.1) is 0 Å². The van der Waals surface area contributed by atoms with Gasteiger partial charge in [0.15, 0.2) is 0 Å². The van der Waals surface area contributed by atoms with E-state index in [0.717, 1.165) is 12.1 Å². The van der Waals surface area contributed by atoms with Gasteiger partial charge in [-0.15, -0.1) is 11.8 Å². The minimum Gasteiger partial charge on any atom is -0.325 e. The summed E-state index contributed by atoms with van der Waals surface area (Å²) < 4.78 is 38.7. The third-order valence-electron chi connectivity index (χ3n) is 5.67. The van der Waals surface area contributed by atoms with Gasteiger partial charge in [-0.3, -0.25) is 14.4 Å². The Bertz CT molecular complexity index is 1590. The average molecular weight is 610 g/mol. The fraction of sp³-hybridized carbons (Fsp3) is 0.0645. The normalized spacial score (nSPS) is 11.5. The van der Waals surface area contributed by atoms with Gasteiger partial charge in [0, 0.05) is 26.9 Å². The van der Waals surface area contributed by atoms with Crippen LogP contribution in [0.15, 0.2) is 114 Å². The molecule has 0 fully saturated rings. The zero-order valence-electron chi connectivity index (χ0n) is 21.7. The quantitative estimate of drug-likeness (QED) is 0.135. The fourth-order valence-electron chi connectivity index (χ4n) is 3.62. The molecule has 0 bridgehead atoms. The molecule has 0 aromatic heterocycles. The molecular weight excluding hydrogens is 587 g/mol. The summed E-state index contributed by atoms with van der Waals surface area (Å²) in [7, 11) is 0. The van der Waals surface area contributed by atoms with E-state index < -0.39 is 29.5 Å². The van der Waals surface area contributed by atoms with Gasteiger partial charge in [-0.1, -0.05) is 48.0 Å². The largest absolute Gasteiger partial charge is 0.416 e. The molecule has 4 aromatic carbocycles. The first-order valence-electron chi connectivity index (χ1n) is 12.4. The predicted molar refractivity (Wildman–Crippen MR) is 159 cm³/mol. The van der Waals surface area contributed by atoms with Crippen LogP contribution in [0.4, 0.5) is 24.5 Å². The van der Waals surface area contributed by atoms with Gasteiger partial charge < -0.3 is 16.0 Å². The third-order valence-corrected chi connectivity index (χ3v) is 6.93. The van der Waals surface area contributed by atoms with Crippen LogP contribution in [-0.2, 0) is 15.8 Å². The fourth-order valence-corrected chi connectivity index (χ4v) is 4.44. The van der Waals surface area contributed by atoms with Crippen molar-refractivity contribution in [1.82, 2.24) is 5.32 Å². The number of amides is 3. The Morgan fingerprint density at radius 2 is 1.48 bits per heavy atom. The molecule has 0 heterocycles. The lowest BCUT2D eigenvalue weighted by Gasteiger charge is -2.12. The number of hydrogen-bond acceptors (Lipinski definition) is 4. The lowest BCUT2D eigenvalue weighted by atomic mass is 10.1. The first-order valence-corrected chi connectivity index (χ1v) is 13.8. The molecule has 4 rings (SSSR count). The predicted octanol–water partition coefficient (Wildman–Crippen LogP) is 7.50. The Kier molecular flexibility index (Phi) is 10.1. The number of carbonyl (C=O) groups is 3. The summed E-state index contributed by atoms with van der Waals surface area (Å²) in [6.07, 6.45) is -2.98. The van der Waals surface area contributed by atoms with E-state index in [2.05, 4.69) is 16.0 Å². The molecule has 0 unspecified atom stereocenters. The van der Waals surface area contributed by atoms with Crippen molar-refractivity contribution in [3.05, 3.63) is 131 Å². The highest BCUT2D eigenvalue weighted by Gasteiger charge is 2.30. The molecular formula is C31H23ClF3N3O3S.